The van der Waals surface area contributed by atoms with Gasteiger partial charge in [-0.3, -0.25) is 10.1 Å². The number of anilines is 2. The van der Waals surface area contributed by atoms with E-state index in [0.29, 0.717) is 48.8 Å². The van der Waals surface area contributed by atoms with Crippen LogP contribution in [-0.4, -0.2) is 55.8 Å². The highest BCUT2D eigenvalue weighted by Gasteiger charge is 2.21. The number of aromatic nitrogens is 3. The summed E-state index contributed by atoms with van der Waals surface area (Å²) in [6, 6.07) is 11.5. The number of nitrogens with one attached hydrogen (secondary N) is 2. The highest BCUT2D eigenvalue weighted by Crippen LogP contribution is 2.27. The molecular weight excluding hydrogens is 502 g/mol. The summed E-state index contributed by atoms with van der Waals surface area (Å²) in [5.41, 5.74) is 1.72. The Balaban J connectivity index is 0.000000976. The van der Waals surface area contributed by atoms with Crippen LogP contribution in [0.2, 0.25) is 0 Å². The number of rotatable bonds is 13. The lowest BCUT2D eigenvalue weighted by atomic mass is 10.0. The molecule has 0 bridgehead atoms. The number of hydrogen-bond donors (Lipinski definition) is 4. The van der Waals surface area contributed by atoms with Gasteiger partial charge in [0.2, 0.25) is 5.95 Å². The molecule has 0 atom stereocenters. The van der Waals surface area contributed by atoms with Crippen molar-refractivity contribution in [3.63, 3.8) is 0 Å². The van der Waals surface area contributed by atoms with E-state index in [1.54, 1.807) is 24.3 Å². The monoisotopic (exact) mass is 535 g/mol. The van der Waals surface area contributed by atoms with E-state index in [2.05, 4.69) is 32.5 Å². The first-order chi connectivity index (χ1) is 18.8. The average Bonchev–Trinajstić information content (AvgIpc) is 2.94. The van der Waals surface area contributed by atoms with E-state index in [9.17, 15) is 20.0 Å². The fourth-order valence-corrected chi connectivity index (χ4v) is 3.37. The summed E-state index contributed by atoms with van der Waals surface area (Å²) in [7, 11) is 0. The number of carbonyl (C=O) groups is 1. The highest BCUT2D eigenvalue weighted by molar-refractivity contribution is 5.96. The molecule has 0 aliphatic rings. The van der Waals surface area contributed by atoms with Crippen LogP contribution >= 0.6 is 0 Å². The van der Waals surface area contributed by atoms with Crippen molar-refractivity contribution in [2.45, 2.75) is 46.0 Å². The van der Waals surface area contributed by atoms with Crippen molar-refractivity contribution in [3.05, 3.63) is 69.5 Å². The van der Waals surface area contributed by atoms with Gasteiger partial charge in [-0.15, -0.1) is 0 Å². The van der Waals surface area contributed by atoms with Gasteiger partial charge in [-0.25, -0.2) is 19.7 Å². The van der Waals surface area contributed by atoms with Gasteiger partial charge in [0.1, 0.15) is 17.6 Å². The number of benzene rings is 1. The molecule has 0 fully saturated rings. The zero-order valence-electron chi connectivity index (χ0n) is 22.1. The highest BCUT2D eigenvalue weighted by atomic mass is 16.6. The van der Waals surface area contributed by atoms with Gasteiger partial charge in [0.25, 0.3) is 5.69 Å². The number of nitro groups is 1. The Bertz CT molecular complexity index is 1260. The van der Waals surface area contributed by atoms with E-state index in [1.165, 1.54) is 18.3 Å². The lowest BCUT2D eigenvalue weighted by Crippen LogP contribution is -2.18. The SMILES string of the molecule is CCCCO.CCCCc1nc(NCCNc2ccc([N+](=O)[O-])cn2)nc(-c2ccc(C#N)cc2)c1C(=O)O. The van der Waals surface area contributed by atoms with Gasteiger partial charge < -0.3 is 20.8 Å². The first kappa shape index (κ1) is 30.6. The van der Waals surface area contributed by atoms with Gasteiger partial charge in [-0.2, -0.15) is 5.26 Å². The second-order valence-corrected chi connectivity index (χ2v) is 8.40. The fraction of sp³-hybridized carbons (Fsp3) is 0.370. The van der Waals surface area contributed by atoms with Gasteiger partial charge >= 0.3 is 5.97 Å². The normalized spacial score (nSPS) is 10.1. The smallest absolute Gasteiger partial charge is 0.339 e. The molecule has 2 heterocycles. The summed E-state index contributed by atoms with van der Waals surface area (Å²) in [5.74, 6) is -0.340. The van der Waals surface area contributed by atoms with Crippen molar-refractivity contribution >= 4 is 23.4 Å². The molecule has 0 saturated heterocycles. The number of aryl methyl sites for hydroxylation is 1. The van der Waals surface area contributed by atoms with Crippen LogP contribution in [0.3, 0.4) is 0 Å². The van der Waals surface area contributed by atoms with Gasteiger partial charge in [-0.05, 0) is 37.5 Å². The molecule has 3 rings (SSSR count). The van der Waals surface area contributed by atoms with E-state index in [0.717, 1.165) is 25.7 Å². The van der Waals surface area contributed by atoms with Gasteiger partial charge in [-0.1, -0.05) is 38.8 Å². The van der Waals surface area contributed by atoms with Crippen LogP contribution in [0.25, 0.3) is 11.3 Å². The Morgan fingerprint density at radius 1 is 1.05 bits per heavy atom. The number of unbranched alkanes of at least 4 members (excludes halogenated alkanes) is 2. The predicted molar refractivity (Wildman–Crippen MR) is 148 cm³/mol. The maximum atomic E-state index is 12.1. The van der Waals surface area contributed by atoms with Gasteiger partial charge in [0.05, 0.1) is 27.9 Å². The van der Waals surface area contributed by atoms with Crippen molar-refractivity contribution in [2.24, 2.45) is 0 Å². The van der Waals surface area contributed by atoms with Crippen molar-refractivity contribution in [1.82, 2.24) is 15.0 Å². The minimum atomic E-state index is -1.11. The second kappa shape index (κ2) is 16.3. The summed E-state index contributed by atoms with van der Waals surface area (Å²) < 4.78 is 0. The minimum absolute atomic E-state index is 0.0527. The quantitative estimate of drug-likeness (QED) is 0.135. The molecule has 3 aromatic rings. The van der Waals surface area contributed by atoms with E-state index in [4.69, 9.17) is 10.4 Å². The molecular formula is C27H33N7O5. The molecule has 12 heteroatoms. The lowest BCUT2D eigenvalue weighted by molar-refractivity contribution is -0.385. The largest absolute Gasteiger partial charge is 0.478 e. The van der Waals surface area contributed by atoms with Crippen molar-refractivity contribution in [3.8, 4) is 17.3 Å². The van der Waals surface area contributed by atoms with Crippen LogP contribution in [-0.2, 0) is 6.42 Å². The minimum Gasteiger partial charge on any atom is -0.478 e. The third-order valence-corrected chi connectivity index (χ3v) is 5.44. The number of aliphatic hydroxyl groups is 1. The first-order valence-electron chi connectivity index (χ1n) is 12.7. The number of aromatic carboxylic acids is 1. The Morgan fingerprint density at radius 2 is 1.74 bits per heavy atom. The third-order valence-electron chi connectivity index (χ3n) is 5.44. The number of pyridine rings is 1. The number of nitrogens with zero attached hydrogens (tertiary/aromatic N) is 5. The van der Waals surface area contributed by atoms with E-state index < -0.39 is 10.9 Å². The van der Waals surface area contributed by atoms with Crippen molar-refractivity contribution in [1.29, 1.82) is 5.26 Å². The molecule has 2 aromatic heterocycles. The molecule has 4 N–H and O–H groups in total. The van der Waals surface area contributed by atoms with Crippen LogP contribution in [0.4, 0.5) is 17.5 Å². The van der Waals surface area contributed by atoms with Crippen molar-refractivity contribution in [2.75, 3.05) is 30.3 Å². The zero-order valence-corrected chi connectivity index (χ0v) is 22.1. The first-order valence-corrected chi connectivity index (χ1v) is 12.7. The summed E-state index contributed by atoms with van der Waals surface area (Å²) in [6.07, 6.45) is 5.36. The lowest BCUT2D eigenvalue weighted by Gasteiger charge is -2.14. The third kappa shape index (κ3) is 9.64. The zero-order chi connectivity index (χ0) is 28.6. The Hall–Kier alpha value is -4.63. The van der Waals surface area contributed by atoms with Crippen LogP contribution < -0.4 is 10.6 Å². The predicted octanol–water partition coefficient (Wildman–Crippen LogP) is 4.66. The Kier molecular flexibility index (Phi) is 12.8. The molecule has 0 aliphatic carbocycles. The molecule has 39 heavy (non-hydrogen) atoms. The molecule has 0 radical (unpaired) electrons. The van der Waals surface area contributed by atoms with Crippen LogP contribution in [0, 0.1) is 21.4 Å². The number of carboxylic acid groups (broad SMARTS) is 1. The summed E-state index contributed by atoms with van der Waals surface area (Å²) in [4.78, 5) is 35.2. The molecule has 12 nitrogen and oxygen atoms in total. The Labute approximate surface area is 226 Å². The van der Waals surface area contributed by atoms with Crippen LogP contribution in [0.1, 0.15) is 61.1 Å². The summed E-state index contributed by atoms with van der Waals surface area (Å²) in [6.45, 7) is 5.23. The Morgan fingerprint density at radius 3 is 2.26 bits per heavy atom. The molecule has 0 saturated carbocycles. The van der Waals surface area contributed by atoms with Crippen LogP contribution in [0.5, 0.6) is 0 Å². The number of nitriles is 1. The maximum absolute atomic E-state index is 12.1. The van der Waals surface area contributed by atoms with Crippen molar-refractivity contribution < 1.29 is 19.9 Å². The van der Waals surface area contributed by atoms with Gasteiger partial charge in [0, 0.05) is 31.3 Å². The second-order valence-electron chi connectivity index (χ2n) is 8.40. The standard InChI is InChI=1S/C23H23N7O4.C4H10O/c1-2-3-4-18-20(22(31)32)21(16-7-5-15(13-24)6-8-16)29-23(28-18)26-12-11-25-19-10-9-17(14-27-19)30(33)34;1-2-3-4-5/h5-10,14H,2-4,11-12H2,1H3,(H,25,27)(H,31,32)(H,26,28,29);5H,2-4H2,1H3. The molecule has 0 aliphatic heterocycles. The van der Waals surface area contributed by atoms with Gasteiger partial charge in [0.15, 0.2) is 0 Å². The molecule has 0 spiro atoms. The van der Waals surface area contributed by atoms with E-state index in [1.807, 2.05) is 13.0 Å². The summed E-state index contributed by atoms with van der Waals surface area (Å²) in [5, 5.41) is 43.9. The van der Waals surface area contributed by atoms with E-state index >= 15 is 0 Å². The molecule has 0 amide bonds. The van der Waals surface area contributed by atoms with E-state index in [-0.39, 0.29) is 22.9 Å². The van der Waals surface area contributed by atoms with Crippen LogP contribution in [0.15, 0.2) is 42.6 Å². The number of aliphatic hydroxyl groups excluding tert-OH is 1. The molecule has 1 aromatic carbocycles. The molecule has 206 valence electrons. The number of hydrogen-bond acceptors (Lipinski definition) is 10. The average molecular weight is 536 g/mol. The molecule has 0 unspecified atom stereocenters. The fourth-order valence-electron chi connectivity index (χ4n) is 3.37. The number of carboxylic acids is 1. The maximum Gasteiger partial charge on any atom is 0.339 e. The topological polar surface area (TPSA) is 187 Å². The summed E-state index contributed by atoms with van der Waals surface area (Å²) >= 11 is 0.